The van der Waals surface area contributed by atoms with Crippen LogP contribution in [0.3, 0.4) is 0 Å². The van der Waals surface area contributed by atoms with Gasteiger partial charge in [-0.25, -0.2) is 4.39 Å². The lowest BCUT2D eigenvalue weighted by Gasteiger charge is -2.28. The number of hydrogen-bond acceptors (Lipinski definition) is 3. The smallest absolute Gasteiger partial charge is 0.327 e. The molecule has 1 saturated carbocycles. The lowest BCUT2D eigenvalue weighted by atomic mass is 9.94. The molecule has 0 saturated heterocycles. The molecule has 98 valence electrons. The van der Waals surface area contributed by atoms with Crippen molar-refractivity contribution in [2.45, 2.75) is 18.4 Å². The van der Waals surface area contributed by atoms with E-state index in [0.717, 1.165) is 12.8 Å². The first-order valence-electron chi connectivity index (χ1n) is 5.89. The number of ether oxygens (including phenoxy) is 1. The van der Waals surface area contributed by atoms with Crippen LogP contribution in [0.5, 0.6) is 5.75 Å². The van der Waals surface area contributed by atoms with E-state index in [2.05, 4.69) is 5.32 Å². The first-order valence-corrected chi connectivity index (χ1v) is 5.89. The van der Waals surface area contributed by atoms with E-state index in [1.54, 1.807) is 7.05 Å². The molecule has 1 aromatic rings. The largest absolute Gasteiger partial charge is 0.491 e. The fraction of sp³-hybridized carbons (Fsp3) is 0.462. The summed E-state index contributed by atoms with van der Waals surface area (Å²) in [6.45, 7) is 0.0368. The van der Waals surface area contributed by atoms with Crippen LogP contribution >= 0.6 is 0 Å². The molecule has 0 heterocycles. The second-order valence-electron chi connectivity index (χ2n) is 4.54. The summed E-state index contributed by atoms with van der Waals surface area (Å²) in [5.41, 5.74) is -1.05. The minimum atomic E-state index is -1.05. The molecule has 5 heteroatoms. The highest BCUT2D eigenvalue weighted by Gasteiger charge is 2.51. The Labute approximate surface area is 105 Å². The lowest BCUT2D eigenvalue weighted by molar-refractivity contribution is -0.147. The highest BCUT2D eigenvalue weighted by molar-refractivity contribution is 5.80. The second kappa shape index (κ2) is 4.94. The summed E-state index contributed by atoms with van der Waals surface area (Å²) in [6.07, 6.45) is 1.78. The number of benzene rings is 1. The van der Waals surface area contributed by atoms with Gasteiger partial charge in [0.25, 0.3) is 0 Å². The molecule has 1 unspecified atom stereocenters. The van der Waals surface area contributed by atoms with Crippen LogP contribution < -0.4 is 10.1 Å². The molecule has 0 spiro atoms. The maximum absolute atomic E-state index is 12.7. The molecule has 0 aliphatic heterocycles. The molecule has 1 aliphatic carbocycles. The summed E-state index contributed by atoms with van der Waals surface area (Å²) < 4.78 is 18.2. The maximum atomic E-state index is 12.7. The quantitative estimate of drug-likeness (QED) is 0.809. The summed E-state index contributed by atoms with van der Waals surface area (Å²) in [5, 5.41) is 12.2. The number of aliphatic carboxylic acids is 1. The molecule has 1 atom stereocenters. The summed E-state index contributed by atoms with van der Waals surface area (Å²) in [5.74, 6) is -0.685. The van der Waals surface area contributed by atoms with Gasteiger partial charge in [0.05, 0.1) is 0 Å². The van der Waals surface area contributed by atoms with Crippen LogP contribution in [-0.2, 0) is 4.79 Å². The fourth-order valence-electron chi connectivity index (χ4n) is 2.04. The molecule has 0 amide bonds. The van der Waals surface area contributed by atoms with Crippen LogP contribution in [0.1, 0.15) is 12.8 Å². The monoisotopic (exact) mass is 253 g/mol. The maximum Gasteiger partial charge on any atom is 0.327 e. The average molecular weight is 253 g/mol. The minimum absolute atomic E-state index is 0.0368. The zero-order valence-electron chi connectivity index (χ0n) is 10.1. The van der Waals surface area contributed by atoms with Crippen molar-refractivity contribution >= 4 is 5.97 Å². The lowest BCUT2D eigenvalue weighted by Crippen LogP contribution is -2.56. The number of carboxylic acids is 1. The molecule has 18 heavy (non-hydrogen) atoms. The first-order chi connectivity index (χ1) is 8.58. The Bertz CT molecular complexity index is 430. The Morgan fingerprint density at radius 2 is 2.11 bits per heavy atom. The van der Waals surface area contributed by atoms with Crippen LogP contribution in [0.4, 0.5) is 4.39 Å². The van der Waals surface area contributed by atoms with E-state index in [1.807, 2.05) is 0 Å². The fourth-order valence-corrected chi connectivity index (χ4v) is 2.04. The van der Waals surface area contributed by atoms with Gasteiger partial charge in [0, 0.05) is 0 Å². The normalized spacial score (nSPS) is 18.1. The third kappa shape index (κ3) is 2.46. The van der Waals surface area contributed by atoms with Crippen LogP contribution in [0.2, 0.25) is 0 Å². The summed E-state index contributed by atoms with van der Waals surface area (Å²) in [7, 11) is 1.63. The number of carboxylic acid groups (broad SMARTS) is 1. The molecule has 2 rings (SSSR count). The Morgan fingerprint density at radius 3 is 2.56 bits per heavy atom. The highest BCUT2D eigenvalue weighted by atomic mass is 19.1. The molecule has 2 N–H and O–H groups in total. The summed E-state index contributed by atoms with van der Waals surface area (Å²) in [4.78, 5) is 11.4. The molecule has 1 fully saturated rings. The predicted octanol–water partition coefficient (Wildman–Crippen LogP) is 1.66. The van der Waals surface area contributed by atoms with Crippen LogP contribution in [0.25, 0.3) is 0 Å². The van der Waals surface area contributed by atoms with E-state index in [9.17, 15) is 14.3 Å². The Balaban J connectivity index is 2.06. The second-order valence-corrected chi connectivity index (χ2v) is 4.54. The van der Waals surface area contributed by atoms with Gasteiger partial charge < -0.3 is 15.2 Å². The van der Waals surface area contributed by atoms with E-state index in [-0.39, 0.29) is 18.3 Å². The average Bonchev–Trinajstić information content (AvgIpc) is 3.17. The van der Waals surface area contributed by atoms with Gasteiger partial charge in [-0.05, 0) is 50.1 Å². The van der Waals surface area contributed by atoms with Crippen molar-refractivity contribution < 1.29 is 19.0 Å². The van der Waals surface area contributed by atoms with Gasteiger partial charge in [-0.15, -0.1) is 0 Å². The van der Waals surface area contributed by atoms with Gasteiger partial charge in [-0.2, -0.15) is 0 Å². The minimum Gasteiger partial charge on any atom is -0.491 e. The van der Waals surface area contributed by atoms with Crippen LogP contribution in [0.15, 0.2) is 24.3 Å². The number of likely N-dealkylation sites (N-methyl/N-ethyl adjacent to an activating group) is 1. The van der Waals surface area contributed by atoms with Crippen LogP contribution in [0, 0.1) is 11.7 Å². The number of halogens is 1. The number of nitrogens with one attached hydrogen (secondary N) is 1. The number of hydrogen-bond donors (Lipinski definition) is 2. The molecular formula is C13H16FNO3. The van der Waals surface area contributed by atoms with Crippen molar-refractivity contribution in [1.29, 1.82) is 0 Å². The van der Waals surface area contributed by atoms with E-state index < -0.39 is 11.5 Å². The van der Waals surface area contributed by atoms with Gasteiger partial charge in [0.15, 0.2) is 5.54 Å². The Hall–Kier alpha value is -1.62. The van der Waals surface area contributed by atoms with Gasteiger partial charge in [0.2, 0.25) is 0 Å². The standard InChI is InChI=1S/C13H16FNO3/c1-15-13(12(16)17,9-2-3-9)8-18-11-6-4-10(14)5-7-11/h4-7,9,15H,2-3,8H2,1H3,(H,16,17). The van der Waals surface area contributed by atoms with E-state index >= 15 is 0 Å². The molecule has 4 nitrogen and oxygen atoms in total. The van der Waals surface area contributed by atoms with Crippen molar-refractivity contribution in [2.75, 3.05) is 13.7 Å². The van der Waals surface area contributed by atoms with E-state index in [0.29, 0.717) is 5.75 Å². The Morgan fingerprint density at radius 1 is 1.50 bits per heavy atom. The zero-order chi connectivity index (χ0) is 13.2. The molecule has 0 bridgehead atoms. The van der Waals surface area contributed by atoms with Gasteiger partial charge in [0.1, 0.15) is 18.2 Å². The third-order valence-corrected chi connectivity index (χ3v) is 3.38. The van der Waals surface area contributed by atoms with Crippen molar-refractivity contribution in [3.05, 3.63) is 30.1 Å². The molecule has 1 aliphatic rings. The summed E-state index contributed by atoms with van der Waals surface area (Å²) >= 11 is 0. The van der Waals surface area contributed by atoms with Gasteiger partial charge >= 0.3 is 5.97 Å². The first kappa shape index (κ1) is 12.8. The van der Waals surface area contributed by atoms with Crippen molar-refractivity contribution in [3.8, 4) is 5.75 Å². The molecule has 1 aromatic carbocycles. The summed E-state index contributed by atoms with van der Waals surface area (Å²) in [6, 6.07) is 5.55. The SMILES string of the molecule is CNC(COc1ccc(F)cc1)(C(=O)O)C1CC1. The van der Waals surface area contributed by atoms with Crippen molar-refractivity contribution in [1.82, 2.24) is 5.32 Å². The molecular weight excluding hydrogens is 237 g/mol. The van der Waals surface area contributed by atoms with Gasteiger partial charge in [-0.1, -0.05) is 0 Å². The predicted molar refractivity (Wildman–Crippen MR) is 64.0 cm³/mol. The van der Waals surface area contributed by atoms with Crippen molar-refractivity contribution in [2.24, 2.45) is 5.92 Å². The zero-order valence-corrected chi connectivity index (χ0v) is 10.1. The topological polar surface area (TPSA) is 58.6 Å². The van der Waals surface area contributed by atoms with E-state index in [1.165, 1.54) is 24.3 Å². The third-order valence-electron chi connectivity index (χ3n) is 3.38. The number of carbonyl (C=O) groups is 1. The highest BCUT2D eigenvalue weighted by Crippen LogP contribution is 2.40. The van der Waals surface area contributed by atoms with Crippen molar-refractivity contribution in [3.63, 3.8) is 0 Å². The Kier molecular flexibility index (Phi) is 3.52. The molecule has 0 aromatic heterocycles. The molecule has 0 radical (unpaired) electrons. The van der Waals surface area contributed by atoms with Crippen LogP contribution in [-0.4, -0.2) is 30.3 Å². The van der Waals surface area contributed by atoms with Gasteiger partial charge in [-0.3, -0.25) is 4.79 Å². The number of rotatable bonds is 6. The van der Waals surface area contributed by atoms with E-state index in [4.69, 9.17) is 4.74 Å².